The standard InChI is InChI=1S/C9H8ClNO2/c10-8-4-6(9(12)13)5-2-1-3-7(5)11-8/h4H,1-3H2,(H,12,13). The zero-order chi connectivity index (χ0) is 9.42. The number of rotatable bonds is 1. The Morgan fingerprint density at radius 1 is 1.54 bits per heavy atom. The van der Waals surface area contributed by atoms with Gasteiger partial charge >= 0.3 is 5.97 Å². The lowest BCUT2D eigenvalue weighted by Gasteiger charge is -2.03. The highest BCUT2D eigenvalue weighted by atomic mass is 35.5. The molecule has 1 aromatic rings. The van der Waals surface area contributed by atoms with E-state index in [1.807, 2.05) is 0 Å². The summed E-state index contributed by atoms with van der Waals surface area (Å²) in [6.07, 6.45) is 2.63. The van der Waals surface area contributed by atoms with E-state index in [-0.39, 0.29) is 5.15 Å². The van der Waals surface area contributed by atoms with Crippen molar-refractivity contribution < 1.29 is 9.90 Å². The minimum atomic E-state index is -0.914. The number of aryl methyl sites for hydroxylation is 1. The van der Waals surface area contributed by atoms with Gasteiger partial charge in [0.25, 0.3) is 0 Å². The number of halogens is 1. The third-order valence-electron chi connectivity index (χ3n) is 2.25. The van der Waals surface area contributed by atoms with Gasteiger partial charge in [0, 0.05) is 5.69 Å². The van der Waals surface area contributed by atoms with Crippen molar-refractivity contribution in [2.24, 2.45) is 0 Å². The fraction of sp³-hybridized carbons (Fsp3) is 0.333. The van der Waals surface area contributed by atoms with Gasteiger partial charge in [0.05, 0.1) is 5.56 Å². The molecule has 1 aliphatic rings. The Labute approximate surface area is 80.4 Å². The third kappa shape index (κ3) is 1.40. The molecule has 0 saturated heterocycles. The first kappa shape index (κ1) is 8.51. The van der Waals surface area contributed by atoms with E-state index in [0.717, 1.165) is 30.5 Å². The van der Waals surface area contributed by atoms with E-state index in [1.165, 1.54) is 6.07 Å². The fourth-order valence-corrected chi connectivity index (χ4v) is 1.91. The van der Waals surface area contributed by atoms with Crippen LogP contribution in [0.4, 0.5) is 0 Å². The number of fused-ring (bicyclic) bond motifs is 1. The van der Waals surface area contributed by atoms with Gasteiger partial charge in [0.15, 0.2) is 0 Å². The zero-order valence-electron chi connectivity index (χ0n) is 6.88. The summed E-state index contributed by atoms with van der Waals surface area (Å²) in [7, 11) is 0. The first-order valence-corrected chi connectivity index (χ1v) is 4.48. The normalized spacial score (nSPS) is 14.2. The molecule has 0 spiro atoms. The molecule has 0 amide bonds. The van der Waals surface area contributed by atoms with E-state index < -0.39 is 5.97 Å². The zero-order valence-corrected chi connectivity index (χ0v) is 7.64. The van der Waals surface area contributed by atoms with Crippen LogP contribution in [-0.4, -0.2) is 16.1 Å². The van der Waals surface area contributed by atoms with Crippen molar-refractivity contribution in [3.8, 4) is 0 Å². The Balaban J connectivity index is 2.62. The second-order valence-corrected chi connectivity index (χ2v) is 3.46. The van der Waals surface area contributed by atoms with E-state index in [9.17, 15) is 4.79 Å². The highest BCUT2D eigenvalue weighted by Gasteiger charge is 2.20. The molecule has 0 unspecified atom stereocenters. The van der Waals surface area contributed by atoms with Crippen LogP contribution >= 0.6 is 11.6 Å². The van der Waals surface area contributed by atoms with Crippen molar-refractivity contribution in [3.63, 3.8) is 0 Å². The highest BCUT2D eigenvalue weighted by Crippen LogP contribution is 2.26. The van der Waals surface area contributed by atoms with Crippen LogP contribution in [0.5, 0.6) is 0 Å². The Morgan fingerprint density at radius 3 is 3.00 bits per heavy atom. The molecule has 1 aliphatic carbocycles. The summed E-state index contributed by atoms with van der Waals surface area (Å²) in [6.45, 7) is 0. The van der Waals surface area contributed by atoms with Crippen LogP contribution in [0.25, 0.3) is 0 Å². The van der Waals surface area contributed by atoms with Crippen molar-refractivity contribution in [1.82, 2.24) is 4.98 Å². The van der Waals surface area contributed by atoms with Crippen LogP contribution in [0.3, 0.4) is 0 Å². The number of aromatic nitrogens is 1. The monoisotopic (exact) mass is 197 g/mol. The SMILES string of the molecule is O=C(O)c1cc(Cl)nc2c1CCC2. The average molecular weight is 198 g/mol. The molecule has 1 N–H and O–H groups in total. The summed E-state index contributed by atoms with van der Waals surface area (Å²) in [5.74, 6) is -0.914. The maximum absolute atomic E-state index is 10.8. The summed E-state index contributed by atoms with van der Waals surface area (Å²) in [5, 5.41) is 9.16. The Hall–Kier alpha value is -1.09. The van der Waals surface area contributed by atoms with Crippen molar-refractivity contribution >= 4 is 17.6 Å². The van der Waals surface area contributed by atoms with Crippen LogP contribution in [0, 0.1) is 0 Å². The molecule has 68 valence electrons. The summed E-state index contributed by atoms with van der Waals surface area (Å²) < 4.78 is 0. The molecule has 1 aromatic heterocycles. The minimum Gasteiger partial charge on any atom is -0.478 e. The fourth-order valence-electron chi connectivity index (χ4n) is 1.70. The van der Waals surface area contributed by atoms with Gasteiger partial charge in [-0.05, 0) is 30.9 Å². The molecule has 0 fully saturated rings. The summed E-state index contributed by atoms with van der Waals surface area (Å²) in [6, 6.07) is 1.42. The van der Waals surface area contributed by atoms with E-state index in [2.05, 4.69) is 4.98 Å². The van der Waals surface area contributed by atoms with Crippen LogP contribution in [0.15, 0.2) is 6.07 Å². The minimum absolute atomic E-state index is 0.276. The number of aromatic carboxylic acids is 1. The van der Waals surface area contributed by atoms with Crippen LogP contribution in [0.2, 0.25) is 5.15 Å². The summed E-state index contributed by atoms with van der Waals surface area (Å²) in [5.41, 5.74) is 2.02. The smallest absolute Gasteiger partial charge is 0.336 e. The van der Waals surface area contributed by atoms with Crippen LogP contribution in [0.1, 0.15) is 28.0 Å². The second-order valence-electron chi connectivity index (χ2n) is 3.08. The van der Waals surface area contributed by atoms with Gasteiger partial charge in [0.1, 0.15) is 5.15 Å². The largest absolute Gasteiger partial charge is 0.478 e. The summed E-state index contributed by atoms with van der Waals surface area (Å²) >= 11 is 5.70. The van der Waals surface area contributed by atoms with Crippen molar-refractivity contribution in [2.75, 3.05) is 0 Å². The predicted octanol–water partition coefficient (Wildman–Crippen LogP) is 1.92. The van der Waals surface area contributed by atoms with Gasteiger partial charge in [-0.15, -0.1) is 0 Å². The van der Waals surface area contributed by atoms with Crippen molar-refractivity contribution in [3.05, 3.63) is 28.0 Å². The molecule has 2 rings (SSSR count). The average Bonchev–Trinajstić information content (AvgIpc) is 2.49. The molecule has 1 heterocycles. The van der Waals surface area contributed by atoms with E-state index >= 15 is 0 Å². The van der Waals surface area contributed by atoms with E-state index in [1.54, 1.807) is 0 Å². The van der Waals surface area contributed by atoms with Crippen LogP contribution < -0.4 is 0 Å². The maximum atomic E-state index is 10.8. The van der Waals surface area contributed by atoms with Gasteiger partial charge in [0.2, 0.25) is 0 Å². The molecule has 4 heteroatoms. The lowest BCUT2D eigenvalue weighted by Crippen LogP contribution is -2.03. The molecule has 0 bridgehead atoms. The van der Waals surface area contributed by atoms with Gasteiger partial charge in [-0.2, -0.15) is 0 Å². The van der Waals surface area contributed by atoms with Gasteiger partial charge in [-0.3, -0.25) is 0 Å². The number of nitrogens with zero attached hydrogens (tertiary/aromatic N) is 1. The molecular weight excluding hydrogens is 190 g/mol. The number of carbonyl (C=O) groups is 1. The molecule has 0 aliphatic heterocycles. The number of hydrogen-bond donors (Lipinski definition) is 1. The van der Waals surface area contributed by atoms with Gasteiger partial charge in [-0.25, -0.2) is 9.78 Å². The maximum Gasteiger partial charge on any atom is 0.336 e. The quantitative estimate of drug-likeness (QED) is 0.700. The second kappa shape index (κ2) is 3.00. The number of carboxylic acids is 1. The number of pyridine rings is 1. The van der Waals surface area contributed by atoms with Crippen LogP contribution in [-0.2, 0) is 12.8 Å². The molecule has 0 aromatic carbocycles. The van der Waals surface area contributed by atoms with Gasteiger partial charge < -0.3 is 5.11 Å². The third-order valence-corrected chi connectivity index (χ3v) is 2.44. The molecule has 0 atom stereocenters. The Bertz CT molecular complexity index is 376. The molecule has 3 nitrogen and oxygen atoms in total. The lowest BCUT2D eigenvalue weighted by molar-refractivity contribution is 0.0695. The van der Waals surface area contributed by atoms with Crippen molar-refractivity contribution in [2.45, 2.75) is 19.3 Å². The van der Waals surface area contributed by atoms with Gasteiger partial charge in [-0.1, -0.05) is 11.6 Å². The molecular formula is C9H8ClNO2. The number of hydrogen-bond acceptors (Lipinski definition) is 2. The first-order valence-electron chi connectivity index (χ1n) is 4.10. The molecule has 0 saturated carbocycles. The molecule has 13 heavy (non-hydrogen) atoms. The van der Waals surface area contributed by atoms with Crippen molar-refractivity contribution in [1.29, 1.82) is 0 Å². The van der Waals surface area contributed by atoms with E-state index in [0.29, 0.717) is 5.56 Å². The predicted molar refractivity (Wildman–Crippen MR) is 48.2 cm³/mol. The molecule has 0 radical (unpaired) electrons. The number of carboxylic acid groups (broad SMARTS) is 1. The summed E-state index contributed by atoms with van der Waals surface area (Å²) in [4.78, 5) is 14.9. The Kier molecular flexibility index (Phi) is 1.96. The van der Waals surface area contributed by atoms with E-state index in [4.69, 9.17) is 16.7 Å². The Morgan fingerprint density at radius 2 is 2.31 bits per heavy atom. The topological polar surface area (TPSA) is 50.2 Å². The lowest BCUT2D eigenvalue weighted by atomic mass is 10.1. The first-order chi connectivity index (χ1) is 6.18. The highest BCUT2D eigenvalue weighted by molar-refractivity contribution is 6.29.